The SMILES string of the molecule is CN(Cc1ccccc1)S(=O)(=O)CN1CCCc2ccccc21. The minimum Gasteiger partial charge on any atom is -0.356 e. The van der Waals surface area contributed by atoms with Gasteiger partial charge in [0.1, 0.15) is 5.88 Å². The summed E-state index contributed by atoms with van der Waals surface area (Å²) in [6, 6.07) is 17.8. The predicted molar refractivity (Wildman–Crippen MR) is 93.8 cm³/mol. The maximum Gasteiger partial charge on any atom is 0.232 e. The second-order valence-corrected chi connectivity index (χ2v) is 8.02. The molecule has 1 heterocycles. The Labute approximate surface area is 138 Å². The number of hydrogen-bond donors (Lipinski definition) is 0. The van der Waals surface area contributed by atoms with Crippen LogP contribution in [0.2, 0.25) is 0 Å². The molecule has 0 saturated carbocycles. The van der Waals surface area contributed by atoms with E-state index >= 15 is 0 Å². The van der Waals surface area contributed by atoms with Crippen LogP contribution in [0, 0.1) is 0 Å². The number of para-hydroxylation sites is 1. The third-order valence-electron chi connectivity index (χ3n) is 4.25. The zero-order valence-electron chi connectivity index (χ0n) is 13.4. The number of nitrogens with zero attached hydrogens (tertiary/aromatic N) is 2. The van der Waals surface area contributed by atoms with Gasteiger partial charge in [-0.25, -0.2) is 8.42 Å². The lowest BCUT2D eigenvalue weighted by atomic mass is 10.0. The van der Waals surface area contributed by atoms with Crippen LogP contribution < -0.4 is 4.90 Å². The summed E-state index contributed by atoms with van der Waals surface area (Å²) < 4.78 is 26.8. The van der Waals surface area contributed by atoms with Gasteiger partial charge in [-0.2, -0.15) is 4.31 Å². The van der Waals surface area contributed by atoms with Crippen LogP contribution in [-0.2, 0) is 23.0 Å². The van der Waals surface area contributed by atoms with Crippen molar-refractivity contribution in [2.75, 3.05) is 24.4 Å². The molecule has 2 aromatic rings. The molecule has 0 fully saturated rings. The molecule has 23 heavy (non-hydrogen) atoms. The van der Waals surface area contributed by atoms with Crippen LogP contribution in [0.1, 0.15) is 17.5 Å². The highest BCUT2D eigenvalue weighted by molar-refractivity contribution is 7.89. The second-order valence-electron chi connectivity index (χ2n) is 5.98. The first-order chi connectivity index (χ1) is 11.1. The highest BCUT2D eigenvalue weighted by Gasteiger charge is 2.25. The van der Waals surface area contributed by atoms with Gasteiger partial charge in [-0.3, -0.25) is 0 Å². The fraction of sp³-hybridized carbons (Fsp3) is 0.333. The molecule has 0 radical (unpaired) electrons. The summed E-state index contributed by atoms with van der Waals surface area (Å²) in [7, 11) is -1.69. The molecule has 0 saturated heterocycles. The predicted octanol–water partition coefficient (Wildman–Crippen LogP) is 2.86. The van der Waals surface area contributed by atoms with Gasteiger partial charge in [0, 0.05) is 25.8 Å². The van der Waals surface area contributed by atoms with Crippen LogP contribution in [0.25, 0.3) is 0 Å². The number of anilines is 1. The molecule has 0 aromatic heterocycles. The van der Waals surface area contributed by atoms with Crippen molar-refractivity contribution >= 4 is 15.7 Å². The van der Waals surface area contributed by atoms with Crippen molar-refractivity contribution in [3.63, 3.8) is 0 Å². The van der Waals surface area contributed by atoms with E-state index in [-0.39, 0.29) is 5.88 Å². The van der Waals surface area contributed by atoms with Crippen molar-refractivity contribution in [2.45, 2.75) is 19.4 Å². The Kier molecular flexibility index (Phi) is 4.68. The van der Waals surface area contributed by atoms with Crippen molar-refractivity contribution in [3.8, 4) is 0 Å². The van der Waals surface area contributed by atoms with Crippen LogP contribution in [0.3, 0.4) is 0 Å². The fourth-order valence-corrected chi connectivity index (χ4v) is 4.18. The Morgan fingerprint density at radius 1 is 1.04 bits per heavy atom. The van der Waals surface area contributed by atoms with Crippen LogP contribution in [0.4, 0.5) is 5.69 Å². The third kappa shape index (κ3) is 3.74. The van der Waals surface area contributed by atoms with E-state index in [0.717, 1.165) is 30.6 Å². The Morgan fingerprint density at radius 3 is 2.52 bits per heavy atom. The summed E-state index contributed by atoms with van der Waals surface area (Å²) >= 11 is 0. The zero-order valence-corrected chi connectivity index (χ0v) is 14.2. The second kappa shape index (κ2) is 6.72. The van der Waals surface area contributed by atoms with Gasteiger partial charge in [0.05, 0.1) is 0 Å². The van der Waals surface area contributed by atoms with Crippen LogP contribution in [0.5, 0.6) is 0 Å². The molecule has 0 N–H and O–H groups in total. The molecule has 0 atom stereocenters. The number of aryl methyl sites for hydroxylation is 1. The van der Waals surface area contributed by atoms with Crippen LogP contribution in [0.15, 0.2) is 54.6 Å². The summed E-state index contributed by atoms with van der Waals surface area (Å²) in [5, 5.41) is 0. The Hall–Kier alpha value is -1.85. The molecule has 1 aliphatic heterocycles. The lowest BCUT2D eigenvalue weighted by Crippen LogP contribution is -2.40. The maximum absolute atomic E-state index is 12.7. The lowest BCUT2D eigenvalue weighted by Gasteiger charge is -2.32. The van der Waals surface area contributed by atoms with E-state index in [1.165, 1.54) is 9.87 Å². The van der Waals surface area contributed by atoms with E-state index in [2.05, 4.69) is 6.07 Å². The molecule has 122 valence electrons. The van der Waals surface area contributed by atoms with E-state index in [1.54, 1.807) is 7.05 Å². The van der Waals surface area contributed by atoms with Crippen molar-refractivity contribution in [1.82, 2.24) is 4.31 Å². The largest absolute Gasteiger partial charge is 0.356 e. The first-order valence-electron chi connectivity index (χ1n) is 7.87. The number of hydrogen-bond acceptors (Lipinski definition) is 3. The molecule has 5 heteroatoms. The number of rotatable bonds is 5. The summed E-state index contributed by atoms with van der Waals surface area (Å²) in [4.78, 5) is 1.98. The van der Waals surface area contributed by atoms with Gasteiger partial charge < -0.3 is 4.90 Å². The minimum absolute atomic E-state index is 0.0351. The Morgan fingerprint density at radius 2 is 1.74 bits per heavy atom. The zero-order chi connectivity index (χ0) is 16.3. The summed E-state index contributed by atoms with van der Waals surface area (Å²) in [6.07, 6.45) is 2.02. The average Bonchev–Trinajstić information content (AvgIpc) is 2.56. The molecule has 0 bridgehead atoms. The first kappa shape index (κ1) is 16.0. The minimum atomic E-state index is -3.34. The molecule has 1 aliphatic rings. The van der Waals surface area contributed by atoms with E-state index in [9.17, 15) is 8.42 Å². The van der Waals surface area contributed by atoms with Gasteiger partial charge in [0.25, 0.3) is 0 Å². The van der Waals surface area contributed by atoms with Gasteiger partial charge in [0.2, 0.25) is 10.0 Å². The van der Waals surface area contributed by atoms with Crippen molar-refractivity contribution in [2.24, 2.45) is 0 Å². The molecule has 0 aliphatic carbocycles. The number of fused-ring (bicyclic) bond motifs is 1. The number of sulfonamides is 1. The first-order valence-corrected chi connectivity index (χ1v) is 9.48. The number of benzene rings is 2. The van der Waals surface area contributed by atoms with Gasteiger partial charge in [0.15, 0.2) is 0 Å². The Bertz CT molecular complexity index is 760. The quantitative estimate of drug-likeness (QED) is 0.846. The Balaban J connectivity index is 1.74. The normalized spacial score (nSPS) is 14.8. The van der Waals surface area contributed by atoms with Gasteiger partial charge >= 0.3 is 0 Å². The van der Waals surface area contributed by atoms with E-state index in [0.29, 0.717) is 6.54 Å². The van der Waals surface area contributed by atoms with Crippen molar-refractivity contribution in [1.29, 1.82) is 0 Å². The van der Waals surface area contributed by atoms with E-state index in [4.69, 9.17) is 0 Å². The molecular weight excluding hydrogens is 308 g/mol. The monoisotopic (exact) mass is 330 g/mol. The van der Waals surface area contributed by atoms with E-state index in [1.807, 2.05) is 53.4 Å². The maximum atomic E-state index is 12.7. The molecule has 4 nitrogen and oxygen atoms in total. The lowest BCUT2D eigenvalue weighted by molar-refractivity contribution is 0.464. The van der Waals surface area contributed by atoms with Crippen molar-refractivity contribution < 1.29 is 8.42 Å². The topological polar surface area (TPSA) is 40.6 Å². The van der Waals surface area contributed by atoms with Crippen LogP contribution >= 0.6 is 0 Å². The fourth-order valence-electron chi connectivity index (χ4n) is 2.98. The molecular formula is C18H22N2O2S. The van der Waals surface area contributed by atoms with Gasteiger partial charge in [-0.05, 0) is 30.0 Å². The summed E-state index contributed by atoms with van der Waals surface area (Å²) in [6.45, 7) is 1.19. The highest BCUT2D eigenvalue weighted by Crippen LogP contribution is 2.27. The molecule has 3 rings (SSSR count). The van der Waals surface area contributed by atoms with Crippen LogP contribution in [-0.4, -0.2) is 32.2 Å². The van der Waals surface area contributed by atoms with Crippen molar-refractivity contribution in [3.05, 3.63) is 65.7 Å². The average molecular weight is 330 g/mol. The standard InChI is InChI=1S/C18H22N2O2S/c1-19(14-16-8-3-2-4-9-16)23(21,22)15-20-13-7-11-17-10-5-6-12-18(17)20/h2-6,8-10,12H,7,11,13-15H2,1H3. The highest BCUT2D eigenvalue weighted by atomic mass is 32.2. The molecule has 0 amide bonds. The molecule has 0 spiro atoms. The summed E-state index contributed by atoms with van der Waals surface area (Å²) in [5.41, 5.74) is 3.28. The smallest absolute Gasteiger partial charge is 0.232 e. The van der Waals surface area contributed by atoms with E-state index < -0.39 is 10.0 Å². The summed E-state index contributed by atoms with van der Waals surface area (Å²) in [5.74, 6) is 0.0351. The third-order valence-corrected chi connectivity index (χ3v) is 5.97. The van der Waals surface area contributed by atoms with Gasteiger partial charge in [-0.1, -0.05) is 48.5 Å². The molecule has 0 unspecified atom stereocenters. The molecule has 2 aromatic carbocycles. The van der Waals surface area contributed by atoms with Gasteiger partial charge in [-0.15, -0.1) is 0 Å².